The first-order valence-corrected chi connectivity index (χ1v) is 24.7. The molecular weight excluding hydrogens is 841 g/mol. The van der Waals surface area contributed by atoms with Gasteiger partial charge in [-0.05, 0) is 97.9 Å². The van der Waals surface area contributed by atoms with Gasteiger partial charge >= 0.3 is 0 Å². The lowest BCUT2D eigenvalue weighted by Crippen LogP contribution is -2.07. The van der Waals surface area contributed by atoms with Crippen LogP contribution in [0.4, 0.5) is 0 Å². The molecule has 0 aliphatic heterocycles. The molecule has 4 N–H and O–H groups in total. The Hall–Kier alpha value is -4.02. The van der Waals surface area contributed by atoms with Gasteiger partial charge in [0.05, 0.1) is 49.4 Å². The molecule has 20 heteroatoms. The van der Waals surface area contributed by atoms with Crippen LogP contribution in [-0.2, 0) is 40.5 Å². The number of benzene rings is 3. The highest BCUT2D eigenvalue weighted by Crippen LogP contribution is 2.27. The zero-order chi connectivity index (χ0) is 42.7. The Morgan fingerprint density at radius 2 is 0.569 bits per heavy atom. The molecule has 0 atom stereocenters. The average Bonchev–Trinajstić information content (AvgIpc) is 3.11. The Balaban J connectivity index is 1.70. The van der Waals surface area contributed by atoms with Crippen molar-refractivity contribution in [1.82, 2.24) is 0 Å². The van der Waals surface area contributed by atoms with Gasteiger partial charge in [-0.2, -0.15) is 33.7 Å². The highest BCUT2D eigenvalue weighted by Gasteiger charge is 2.09. The summed E-state index contributed by atoms with van der Waals surface area (Å²) in [6.07, 6.45) is 9.83. The van der Waals surface area contributed by atoms with Crippen molar-refractivity contribution < 1.29 is 70.8 Å². The minimum absolute atomic E-state index is 0.191. The summed E-state index contributed by atoms with van der Waals surface area (Å²) in [4.78, 5) is 0. The molecule has 3 aromatic carbocycles. The maximum Gasteiger partial charge on any atom is 0.264 e. The molecular formula is C38H50O16S4. The monoisotopic (exact) mass is 890 g/mol. The average molecular weight is 891 g/mol. The second-order valence-corrected chi connectivity index (χ2v) is 19.5. The van der Waals surface area contributed by atoms with Crippen molar-refractivity contribution in [3.63, 3.8) is 0 Å². The van der Waals surface area contributed by atoms with Gasteiger partial charge in [-0.25, -0.2) is 0 Å². The zero-order valence-corrected chi connectivity index (χ0v) is 35.0. The predicted octanol–water partition coefficient (Wildman–Crippen LogP) is 6.21. The van der Waals surface area contributed by atoms with E-state index in [9.17, 15) is 33.7 Å². The minimum atomic E-state index is -4.07. The van der Waals surface area contributed by atoms with Crippen LogP contribution in [0.5, 0.6) is 23.0 Å². The van der Waals surface area contributed by atoms with E-state index in [1.54, 1.807) is 36.4 Å². The molecule has 0 heterocycles. The Morgan fingerprint density at radius 3 is 0.793 bits per heavy atom. The van der Waals surface area contributed by atoms with Crippen LogP contribution in [0.25, 0.3) is 24.3 Å². The first kappa shape index (κ1) is 48.3. The van der Waals surface area contributed by atoms with E-state index >= 15 is 0 Å². The molecule has 0 saturated carbocycles. The summed E-state index contributed by atoms with van der Waals surface area (Å²) in [5, 5.41) is 0. The maximum absolute atomic E-state index is 11.0. The SMILES string of the molecule is O=S(=O)(O)CCCCOc1cc(/C=C/c2ccc(/C=C/c3cc(OCCCCS(=O)(=O)O)cc(OCCCCS(=O)(=O)O)c3)cc2)cc(OCCCCS(=O)(=O)O)c1. The Bertz CT molecular complexity index is 1970. The van der Waals surface area contributed by atoms with Gasteiger partial charge in [0.15, 0.2) is 0 Å². The smallest absolute Gasteiger partial charge is 0.264 e. The third-order valence-corrected chi connectivity index (χ3v) is 11.2. The van der Waals surface area contributed by atoms with Gasteiger partial charge in [-0.3, -0.25) is 18.2 Å². The van der Waals surface area contributed by atoms with Crippen LogP contribution in [0.1, 0.15) is 73.6 Å². The van der Waals surface area contributed by atoms with E-state index in [4.69, 9.17) is 37.2 Å². The van der Waals surface area contributed by atoms with Crippen LogP contribution in [0.15, 0.2) is 60.7 Å². The molecule has 0 saturated heterocycles. The molecule has 16 nitrogen and oxygen atoms in total. The maximum atomic E-state index is 11.0. The van der Waals surface area contributed by atoms with Gasteiger partial charge in [-0.15, -0.1) is 0 Å². The van der Waals surface area contributed by atoms with Gasteiger partial charge in [0, 0.05) is 12.1 Å². The van der Waals surface area contributed by atoms with Crippen molar-refractivity contribution in [1.29, 1.82) is 0 Å². The summed E-state index contributed by atoms with van der Waals surface area (Å²) in [5.41, 5.74) is 3.19. The molecule has 0 aliphatic carbocycles. The van der Waals surface area contributed by atoms with Crippen molar-refractivity contribution in [2.24, 2.45) is 0 Å². The normalized spacial score (nSPS) is 12.6. The van der Waals surface area contributed by atoms with Crippen molar-refractivity contribution in [3.8, 4) is 23.0 Å². The van der Waals surface area contributed by atoms with E-state index in [2.05, 4.69) is 0 Å². The molecule has 0 radical (unpaired) electrons. The standard InChI is InChI=1S/C38H50O16S4/c39-55(40,41)21-5-1-17-51-35-25-33(26-36(29-35)52-18-2-6-22-56(42,43)44)15-13-31-9-11-32(12-10-31)14-16-34-27-37(53-19-3-7-23-57(45,46)47)30-38(28-34)54-20-4-8-24-58(48,49)50/h9-16,25-30H,1-8,17-24H2,(H,39,40,41)(H,42,43,44)(H,45,46,47)(H,48,49,50)/b15-13+,16-14+. The highest BCUT2D eigenvalue weighted by molar-refractivity contribution is 7.86. The number of unbranched alkanes of at least 4 members (excludes halogenated alkanes) is 4. The van der Waals surface area contributed by atoms with Gasteiger partial charge < -0.3 is 18.9 Å². The molecule has 3 rings (SSSR count). The van der Waals surface area contributed by atoms with E-state index in [1.165, 1.54) is 0 Å². The summed E-state index contributed by atoms with van der Waals surface area (Å²) in [5.74, 6) is 0.338. The second-order valence-electron chi connectivity index (χ2n) is 13.2. The van der Waals surface area contributed by atoms with E-state index in [0.717, 1.165) is 22.3 Å². The Labute approximate surface area is 340 Å². The first-order valence-electron chi connectivity index (χ1n) is 18.3. The molecule has 58 heavy (non-hydrogen) atoms. The van der Waals surface area contributed by atoms with E-state index in [1.807, 2.05) is 48.6 Å². The third kappa shape index (κ3) is 23.4. The fraction of sp³-hybridized carbons (Fsp3) is 0.421. The fourth-order valence-corrected chi connectivity index (χ4v) is 7.40. The van der Waals surface area contributed by atoms with Crippen LogP contribution in [0.3, 0.4) is 0 Å². The van der Waals surface area contributed by atoms with Gasteiger partial charge in [-0.1, -0.05) is 48.6 Å². The van der Waals surface area contributed by atoms with Crippen molar-refractivity contribution in [3.05, 3.63) is 82.9 Å². The largest absolute Gasteiger partial charge is 0.493 e. The minimum Gasteiger partial charge on any atom is -0.493 e. The van der Waals surface area contributed by atoms with E-state index in [-0.39, 0.29) is 75.1 Å². The second kappa shape index (κ2) is 23.5. The van der Waals surface area contributed by atoms with Crippen LogP contribution in [0.2, 0.25) is 0 Å². The number of hydrogen-bond donors (Lipinski definition) is 4. The lowest BCUT2D eigenvalue weighted by Gasteiger charge is -2.11. The molecule has 0 spiro atoms. The van der Waals surface area contributed by atoms with Crippen LogP contribution >= 0.6 is 0 Å². The molecule has 322 valence electrons. The molecule has 0 bridgehead atoms. The van der Waals surface area contributed by atoms with E-state index < -0.39 is 40.5 Å². The van der Waals surface area contributed by atoms with Crippen molar-refractivity contribution in [2.75, 3.05) is 49.4 Å². The summed E-state index contributed by atoms with van der Waals surface area (Å²) in [6.45, 7) is 0.764. The van der Waals surface area contributed by atoms with Crippen molar-refractivity contribution in [2.45, 2.75) is 51.4 Å². The summed E-state index contributed by atoms with van der Waals surface area (Å²) in [6, 6.07) is 18.0. The van der Waals surface area contributed by atoms with E-state index in [0.29, 0.717) is 48.7 Å². The summed E-state index contributed by atoms with van der Waals surface area (Å²) < 4.78 is 147. The third-order valence-electron chi connectivity index (χ3n) is 7.94. The number of rotatable bonds is 28. The fourth-order valence-electron chi connectivity index (χ4n) is 5.12. The number of hydrogen-bond acceptors (Lipinski definition) is 12. The number of ether oxygens (including phenoxy) is 4. The van der Waals surface area contributed by atoms with Gasteiger partial charge in [0.1, 0.15) is 23.0 Å². The lowest BCUT2D eigenvalue weighted by atomic mass is 10.1. The predicted molar refractivity (Wildman–Crippen MR) is 222 cm³/mol. The topological polar surface area (TPSA) is 254 Å². The van der Waals surface area contributed by atoms with Gasteiger partial charge in [0.2, 0.25) is 0 Å². The summed E-state index contributed by atoms with van der Waals surface area (Å²) in [7, 11) is -16.3. The van der Waals surface area contributed by atoms with Crippen molar-refractivity contribution >= 4 is 64.8 Å². The summed E-state index contributed by atoms with van der Waals surface area (Å²) >= 11 is 0. The lowest BCUT2D eigenvalue weighted by molar-refractivity contribution is 0.293. The van der Waals surface area contributed by atoms with Crippen LogP contribution in [0, 0.1) is 0 Å². The molecule has 0 fully saturated rings. The molecule has 0 aliphatic rings. The Morgan fingerprint density at radius 1 is 0.345 bits per heavy atom. The highest BCUT2D eigenvalue weighted by atomic mass is 32.2. The molecule has 3 aromatic rings. The van der Waals surface area contributed by atoms with Crippen LogP contribution in [-0.4, -0.2) is 101 Å². The first-order chi connectivity index (χ1) is 27.2. The molecule has 0 aromatic heterocycles. The zero-order valence-electron chi connectivity index (χ0n) is 31.7. The van der Waals surface area contributed by atoms with Gasteiger partial charge in [0.25, 0.3) is 40.5 Å². The molecule has 0 unspecified atom stereocenters. The quantitative estimate of drug-likeness (QED) is 0.0359. The van der Waals surface area contributed by atoms with Crippen LogP contribution < -0.4 is 18.9 Å². The molecule has 0 amide bonds. The Kier molecular flexibility index (Phi) is 19.6.